The SMILES string of the molecule is Cc1ccc(C)c2sc(N(Cc3ccccn3)C(=O)COc3ccccc3)nc12. The maximum Gasteiger partial charge on any atom is 0.267 e. The monoisotopic (exact) mass is 403 g/mol. The number of aryl methyl sites for hydroxylation is 2. The van der Waals surface area contributed by atoms with Crippen molar-refractivity contribution >= 4 is 32.6 Å². The van der Waals surface area contributed by atoms with Crippen LogP contribution in [0.5, 0.6) is 5.75 Å². The number of aromatic nitrogens is 2. The smallest absolute Gasteiger partial charge is 0.267 e. The maximum atomic E-state index is 13.1. The Morgan fingerprint density at radius 1 is 1.00 bits per heavy atom. The van der Waals surface area contributed by atoms with Gasteiger partial charge in [0.1, 0.15) is 5.75 Å². The van der Waals surface area contributed by atoms with E-state index in [1.807, 2.05) is 55.5 Å². The first-order valence-corrected chi connectivity index (χ1v) is 10.2. The van der Waals surface area contributed by atoms with Crippen LogP contribution in [0.15, 0.2) is 66.9 Å². The van der Waals surface area contributed by atoms with Gasteiger partial charge in [-0.15, -0.1) is 0 Å². The predicted octanol–water partition coefficient (Wildman–Crippen LogP) is 4.92. The van der Waals surface area contributed by atoms with Crippen LogP contribution in [0.4, 0.5) is 5.13 Å². The third-order valence-corrected chi connectivity index (χ3v) is 5.83. The number of carbonyl (C=O) groups excluding carboxylic acids is 1. The van der Waals surface area contributed by atoms with E-state index in [0.717, 1.165) is 27.0 Å². The lowest BCUT2D eigenvalue weighted by Gasteiger charge is -2.19. The van der Waals surface area contributed by atoms with E-state index in [9.17, 15) is 4.79 Å². The average Bonchev–Trinajstić information content (AvgIpc) is 3.21. The van der Waals surface area contributed by atoms with Gasteiger partial charge in [-0.05, 0) is 49.2 Å². The van der Waals surface area contributed by atoms with E-state index in [1.54, 1.807) is 11.1 Å². The topological polar surface area (TPSA) is 55.3 Å². The Bertz CT molecular complexity index is 1090. The number of pyridine rings is 1. The third-order valence-electron chi connectivity index (χ3n) is 4.61. The predicted molar refractivity (Wildman–Crippen MR) is 116 cm³/mol. The fourth-order valence-corrected chi connectivity index (χ4v) is 4.15. The zero-order valence-electron chi connectivity index (χ0n) is 16.3. The number of ether oxygens (including phenoxy) is 1. The Labute approximate surface area is 173 Å². The number of amides is 1. The first-order chi connectivity index (χ1) is 14.1. The van der Waals surface area contributed by atoms with Crippen molar-refractivity contribution in [2.75, 3.05) is 11.5 Å². The molecule has 4 aromatic rings. The van der Waals surface area contributed by atoms with Gasteiger partial charge in [-0.25, -0.2) is 4.98 Å². The molecule has 0 fully saturated rings. The molecule has 0 atom stereocenters. The van der Waals surface area contributed by atoms with E-state index in [4.69, 9.17) is 9.72 Å². The van der Waals surface area contributed by atoms with Crippen LogP contribution in [-0.4, -0.2) is 22.5 Å². The summed E-state index contributed by atoms with van der Waals surface area (Å²) in [6.07, 6.45) is 1.73. The van der Waals surface area contributed by atoms with Gasteiger partial charge in [-0.3, -0.25) is 14.7 Å². The van der Waals surface area contributed by atoms with Gasteiger partial charge < -0.3 is 4.74 Å². The lowest BCUT2D eigenvalue weighted by atomic mass is 10.1. The van der Waals surface area contributed by atoms with Crippen LogP contribution in [0.25, 0.3) is 10.2 Å². The van der Waals surface area contributed by atoms with Gasteiger partial charge in [0.2, 0.25) is 0 Å². The molecule has 2 aromatic heterocycles. The highest BCUT2D eigenvalue weighted by molar-refractivity contribution is 7.22. The number of para-hydroxylation sites is 1. The molecule has 0 aliphatic carbocycles. The highest BCUT2D eigenvalue weighted by Crippen LogP contribution is 2.33. The van der Waals surface area contributed by atoms with Crippen molar-refractivity contribution in [3.63, 3.8) is 0 Å². The molecule has 2 heterocycles. The summed E-state index contributed by atoms with van der Waals surface area (Å²) in [5.41, 5.74) is 3.99. The molecule has 0 saturated heterocycles. The number of nitrogens with zero attached hydrogens (tertiary/aromatic N) is 3. The molecule has 146 valence electrons. The van der Waals surface area contributed by atoms with E-state index in [-0.39, 0.29) is 12.5 Å². The second kappa shape index (κ2) is 8.41. The quantitative estimate of drug-likeness (QED) is 0.458. The van der Waals surface area contributed by atoms with E-state index in [1.165, 1.54) is 11.3 Å². The molecule has 0 saturated carbocycles. The summed E-state index contributed by atoms with van der Waals surface area (Å²) in [4.78, 5) is 23.9. The highest BCUT2D eigenvalue weighted by atomic mass is 32.1. The summed E-state index contributed by atoms with van der Waals surface area (Å²) < 4.78 is 6.79. The molecule has 0 aliphatic rings. The van der Waals surface area contributed by atoms with Crippen molar-refractivity contribution in [1.82, 2.24) is 9.97 Å². The molecule has 0 radical (unpaired) electrons. The Kier molecular flexibility index (Phi) is 5.53. The molecule has 0 unspecified atom stereocenters. The molecular formula is C23H21N3O2S. The molecule has 2 aromatic carbocycles. The van der Waals surface area contributed by atoms with Crippen LogP contribution in [0.2, 0.25) is 0 Å². The van der Waals surface area contributed by atoms with Crippen LogP contribution in [-0.2, 0) is 11.3 Å². The Morgan fingerprint density at radius 2 is 1.76 bits per heavy atom. The molecule has 1 amide bonds. The zero-order chi connectivity index (χ0) is 20.2. The summed E-state index contributed by atoms with van der Waals surface area (Å²) in [6.45, 7) is 4.38. The van der Waals surface area contributed by atoms with Crippen molar-refractivity contribution in [3.8, 4) is 5.75 Å². The molecule has 0 N–H and O–H groups in total. The largest absolute Gasteiger partial charge is 0.484 e. The van der Waals surface area contributed by atoms with Crippen LogP contribution < -0.4 is 9.64 Å². The van der Waals surface area contributed by atoms with Crippen molar-refractivity contribution in [2.24, 2.45) is 0 Å². The van der Waals surface area contributed by atoms with Gasteiger partial charge in [-0.1, -0.05) is 47.7 Å². The number of benzene rings is 2. The minimum Gasteiger partial charge on any atom is -0.484 e. The fourth-order valence-electron chi connectivity index (χ4n) is 3.02. The first-order valence-electron chi connectivity index (χ1n) is 9.36. The number of thiazole rings is 1. The Morgan fingerprint density at radius 3 is 2.48 bits per heavy atom. The summed E-state index contributed by atoms with van der Waals surface area (Å²) in [5.74, 6) is 0.503. The van der Waals surface area contributed by atoms with E-state index < -0.39 is 0 Å². The van der Waals surface area contributed by atoms with Gasteiger partial charge in [-0.2, -0.15) is 0 Å². The van der Waals surface area contributed by atoms with E-state index in [0.29, 0.717) is 17.4 Å². The minimum absolute atomic E-state index is 0.0647. The molecule has 0 bridgehead atoms. The van der Waals surface area contributed by atoms with Crippen LogP contribution >= 0.6 is 11.3 Å². The number of hydrogen-bond acceptors (Lipinski definition) is 5. The van der Waals surface area contributed by atoms with Crippen LogP contribution in [0, 0.1) is 13.8 Å². The standard InChI is InChI=1S/C23H21N3O2S/c1-16-11-12-17(2)22-21(16)25-23(29-22)26(14-18-8-6-7-13-24-18)20(27)15-28-19-9-4-3-5-10-19/h3-13H,14-15H2,1-2H3. The second-order valence-electron chi connectivity index (χ2n) is 6.78. The van der Waals surface area contributed by atoms with Gasteiger partial charge in [0, 0.05) is 6.20 Å². The molecule has 29 heavy (non-hydrogen) atoms. The minimum atomic E-state index is -0.158. The van der Waals surface area contributed by atoms with Crippen LogP contribution in [0.1, 0.15) is 16.8 Å². The highest BCUT2D eigenvalue weighted by Gasteiger charge is 2.22. The van der Waals surface area contributed by atoms with Gasteiger partial charge >= 0.3 is 0 Å². The Balaban J connectivity index is 1.65. The Hall–Kier alpha value is -3.25. The summed E-state index contributed by atoms with van der Waals surface area (Å²) in [7, 11) is 0. The molecule has 0 aliphatic heterocycles. The van der Waals surface area contributed by atoms with E-state index in [2.05, 4.69) is 24.0 Å². The number of fused-ring (bicyclic) bond motifs is 1. The summed E-state index contributed by atoms with van der Waals surface area (Å²) in [6, 6.07) is 19.2. The number of anilines is 1. The number of hydrogen-bond donors (Lipinski definition) is 0. The van der Waals surface area contributed by atoms with E-state index >= 15 is 0 Å². The van der Waals surface area contributed by atoms with Crippen LogP contribution in [0.3, 0.4) is 0 Å². The normalized spacial score (nSPS) is 10.8. The number of carbonyl (C=O) groups is 1. The summed E-state index contributed by atoms with van der Waals surface area (Å²) in [5, 5.41) is 0.657. The van der Waals surface area contributed by atoms with Gasteiger partial charge in [0.05, 0.1) is 22.5 Å². The first kappa shape index (κ1) is 19.1. The fraction of sp³-hybridized carbons (Fsp3) is 0.174. The van der Waals surface area contributed by atoms with Crippen molar-refractivity contribution in [2.45, 2.75) is 20.4 Å². The van der Waals surface area contributed by atoms with Gasteiger partial charge in [0.25, 0.3) is 5.91 Å². The molecular weight excluding hydrogens is 382 g/mol. The molecule has 4 rings (SSSR count). The second-order valence-corrected chi connectivity index (χ2v) is 7.75. The zero-order valence-corrected chi connectivity index (χ0v) is 17.1. The van der Waals surface area contributed by atoms with Crippen molar-refractivity contribution in [1.29, 1.82) is 0 Å². The third kappa shape index (κ3) is 4.27. The molecule has 5 nitrogen and oxygen atoms in total. The average molecular weight is 404 g/mol. The molecule has 6 heteroatoms. The molecule has 0 spiro atoms. The van der Waals surface area contributed by atoms with Crippen molar-refractivity contribution in [3.05, 3.63) is 83.7 Å². The number of rotatable bonds is 6. The maximum absolute atomic E-state index is 13.1. The van der Waals surface area contributed by atoms with Gasteiger partial charge in [0.15, 0.2) is 11.7 Å². The lowest BCUT2D eigenvalue weighted by Crippen LogP contribution is -2.34. The summed E-state index contributed by atoms with van der Waals surface area (Å²) >= 11 is 1.53. The van der Waals surface area contributed by atoms with Crippen molar-refractivity contribution < 1.29 is 9.53 Å². The lowest BCUT2D eigenvalue weighted by molar-refractivity contribution is -0.120.